The second kappa shape index (κ2) is 5.05. The van der Waals surface area contributed by atoms with Gasteiger partial charge in [0, 0.05) is 5.56 Å². The number of halogens is 3. The topological polar surface area (TPSA) is 64.3 Å². The van der Waals surface area contributed by atoms with Crippen LogP contribution in [0.4, 0.5) is 13.2 Å². The van der Waals surface area contributed by atoms with Crippen LogP contribution in [0, 0.1) is 0 Å². The molecule has 0 saturated carbocycles. The van der Waals surface area contributed by atoms with Gasteiger partial charge in [-0.15, -0.1) is 13.2 Å². The van der Waals surface area contributed by atoms with Crippen LogP contribution in [-0.4, -0.2) is 19.3 Å². The number of hydrogen-bond acceptors (Lipinski definition) is 3. The summed E-state index contributed by atoms with van der Waals surface area (Å²) in [6.07, 6.45) is -4.81. The molecule has 0 aliphatic rings. The van der Waals surface area contributed by atoms with E-state index in [1.165, 1.54) is 25.2 Å². The standard InChI is InChI=1S/C10H11F3N2O2/c1-15-8(9(14)16)6-4-2-3-5-7(6)17-10(11,12)13/h2-5,8,15H,1H3,(H2,14,16). The largest absolute Gasteiger partial charge is 0.573 e. The molecule has 0 heterocycles. The highest BCUT2D eigenvalue weighted by Crippen LogP contribution is 2.29. The van der Waals surface area contributed by atoms with E-state index in [1.807, 2.05) is 0 Å². The fraction of sp³-hybridized carbons (Fsp3) is 0.300. The molecule has 1 aromatic rings. The molecule has 3 N–H and O–H groups in total. The molecule has 0 aliphatic heterocycles. The number of carbonyl (C=O) groups excluding carboxylic acids is 1. The highest BCUT2D eigenvalue weighted by atomic mass is 19.4. The Bertz CT molecular complexity index is 407. The molecule has 4 nitrogen and oxygen atoms in total. The van der Waals surface area contributed by atoms with Crippen molar-refractivity contribution in [3.05, 3.63) is 29.8 Å². The average Bonchev–Trinajstić information content (AvgIpc) is 2.18. The molecule has 1 atom stereocenters. The van der Waals surface area contributed by atoms with Gasteiger partial charge in [0.05, 0.1) is 0 Å². The second-order valence-electron chi connectivity index (χ2n) is 3.21. The lowest BCUT2D eigenvalue weighted by Gasteiger charge is -2.18. The van der Waals surface area contributed by atoms with E-state index >= 15 is 0 Å². The van der Waals surface area contributed by atoms with Gasteiger partial charge in [-0.25, -0.2) is 0 Å². The van der Waals surface area contributed by atoms with Crippen molar-refractivity contribution in [2.75, 3.05) is 7.05 Å². The van der Waals surface area contributed by atoms with Crippen molar-refractivity contribution in [3.8, 4) is 5.75 Å². The summed E-state index contributed by atoms with van der Waals surface area (Å²) in [5.41, 5.74) is 5.12. The minimum atomic E-state index is -4.81. The molecule has 0 aliphatic carbocycles. The molecule has 0 aromatic heterocycles. The number of carbonyl (C=O) groups is 1. The summed E-state index contributed by atoms with van der Waals surface area (Å²) >= 11 is 0. The molecule has 1 amide bonds. The van der Waals surface area contributed by atoms with Crippen LogP contribution in [0.1, 0.15) is 11.6 Å². The van der Waals surface area contributed by atoms with Crippen LogP contribution >= 0.6 is 0 Å². The maximum Gasteiger partial charge on any atom is 0.573 e. The third-order valence-electron chi connectivity index (χ3n) is 2.03. The van der Waals surface area contributed by atoms with Crippen molar-refractivity contribution < 1.29 is 22.7 Å². The number of rotatable bonds is 4. The molecule has 0 bridgehead atoms. The van der Waals surface area contributed by atoms with E-state index in [4.69, 9.17) is 5.73 Å². The van der Waals surface area contributed by atoms with Crippen LogP contribution < -0.4 is 15.8 Å². The van der Waals surface area contributed by atoms with E-state index in [-0.39, 0.29) is 5.56 Å². The Morgan fingerprint density at radius 3 is 2.47 bits per heavy atom. The Morgan fingerprint density at radius 2 is 2.00 bits per heavy atom. The normalized spacial score (nSPS) is 13.2. The van der Waals surface area contributed by atoms with Gasteiger partial charge in [0.1, 0.15) is 11.8 Å². The maximum atomic E-state index is 12.1. The van der Waals surface area contributed by atoms with Crippen LogP contribution in [0.5, 0.6) is 5.75 Å². The summed E-state index contributed by atoms with van der Waals surface area (Å²) in [6.45, 7) is 0. The zero-order valence-electron chi connectivity index (χ0n) is 8.91. The Labute approximate surface area is 95.6 Å². The summed E-state index contributed by atoms with van der Waals surface area (Å²) in [5.74, 6) is -1.23. The van der Waals surface area contributed by atoms with Gasteiger partial charge in [0.15, 0.2) is 0 Å². The van der Waals surface area contributed by atoms with Crippen LogP contribution in [-0.2, 0) is 4.79 Å². The van der Waals surface area contributed by atoms with E-state index in [9.17, 15) is 18.0 Å². The zero-order chi connectivity index (χ0) is 13.1. The van der Waals surface area contributed by atoms with Gasteiger partial charge in [-0.3, -0.25) is 4.79 Å². The van der Waals surface area contributed by atoms with Crippen molar-refractivity contribution in [1.82, 2.24) is 5.32 Å². The van der Waals surface area contributed by atoms with Crippen LogP contribution in [0.15, 0.2) is 24.3 Å². The smallest absolute Gasteiger partial charge is 0.405 e. The third-order valence-corrected chi connectivity index (χ3v) is 2.03. The lowest BCUT2D eigenvalue weighted by atomic mass is 10.1. The number of alkyl halides is 3. The number of amides is 1. The first-order chi connectivity index (χ1) is 7.85. The summed E-state index contributed by atoms with van der Waals surface area (Å²) < 4.78 is 40.2. The molecule has 1 rings (SSSR count). The molecular weight excluding hydrogens is 237 g/mol. The fourth-order valence-electron chi connectivity index (χ4n) is 1.39. The van der Waals surface area contributed by atoms with E-state index in [0.717, 1.165) is 6.07 Å². The van der Waals surface area contributed by atoms with Crippen molar-refractivity contribution in [2.24, 2.45) is 5.73 Å². The van der Waals surface area contributed by atoms with E-state index in [0.29, 0.717) is 0 Å². The van der Waals surface area contributed by atoms with Crippen molar-refractivity contribution in [2.45, 2.75) is 12.4 Å². The minimum Gasteiger partial charge on any atom is -0.405 e. The predicted octanol–water partition coefficient (Wildman–Crippen LogP) is 1.33. The first kappa shape index (κ1) is 13.3. The molecule has 0 saturated heterocycles. The molecule has 7 heteroatoms. The number of nitrogens with one attached hydrogen (secondary N) is 1. The van der Waals surface area contributed by atoms with Gasteiger partial charge in [-0.05, 0) is 13.1 Å². The number of ether oxygens (including phenoxy) is 1. The number of hydrogen-bond donors (Lipinski definition) is 2. The fourth-order valence-corrected chi connectivity index (χ4v) is 1.39. The predicted molar refractivity (Wildman–Crippen MR) is 54.1 cm³/mol. The van der Waals surface area contributed by atoms with Crippen molar-refractivity contribution >= 4 is 5.91 Å². The first-order valence-electron chi connectivity index (χ1n) is 4.66. The second-order valence-corrected chi connectivity index (χ2v) is 3.21. The molecule has 17 heavy (non-hydrogen) atoms. The molecule has 1 aromatic carbocycles. The number of benzene rings is 1. The Hall–Kier alpha value is -1.76. The lowest BCUT2D eigenvalue weighted by Crippen LogP contribution is -2.32. The highest BCUT2D eigenvalue weighted by molar-refractivity contribution is 5.82. The number of nitrogens with two attached hydrogens (primary N) is 1. The van der Waals surface area contributed by atoms with Gasteiger partial charge >= 0.3 is 6.36 Å². The summed E-state index contributed by atoms with van der Waals surface area (Å²) in [4.78, 5) is 11.1. The number of primary amides is 1. The van der Waals surface area contributed by atoms with Crippen molar-refractivity contribution in [3.63, 3.8) is 0 Å². The van der Waals surface area contributed by atoms with Gasteiger partial charge in [-0.2, -0.15) is 0 Å². The maximum absolute atomic E-state index is 12.1. The third kappa shape index (κ3) is 3.63. The Kier molecular flexibility index (Phi) is 3.95. The molecule has 1 unspecified atom stereocenters. The number of para-hydroxylation sites is 1. The van der Waals surface area contributed by atoms with E-state index in [2.05, 4.69) is 10.1 Å². The number of likely N-dealkylation sites (N-methyl/N-ethyl adjacent to an activating group) is 1. The summed E-state index contributed by atoms with van der Waals surface area (Å²) in [7, 11) is 1.42. The Morgan fingerprint density at radius 1 is 1.41 bits per heavy atom. The molecule has 0 fully saturated rings. The molecule has 0 radical (unpaired) electrons. The first-order valence-corrected chi connectivity index (χ1v) is 4.66. The lowest BCUT2D eigenvalue weighted by molar-refractivity contribution is -0.275. The van der Waals surface area contributed by atoms with Crippen LogP contribution in [0.2, 0.25) is 0 Å². The van der Waals surface area contributed by atoms with Crippen molar-refractivity contribution in [1.29, 1.82) is 0 Å². The van der Waals surface area contributed by atoms with Crippen LogP contribution in [0.3, 0.4) is 0 Å². The minimum absolute atomic E-state index is 0.0415. The summed E-state index contributed by atoms with van der Waals surface area (Å²) in [6, 6.07) is 4.29. The summed E-state index contributed by atoms with van der Waals surface area (Å²) in [5, 5.41) is 2.52. The van der Waals surface area contributed by atoms with E-state index in [1.54, 1.807) is 0 Å². The highest BCUT2D eigenvalue weighted by Gasteiger charge is 2.33. The quantitative estimate of drug-likeness (QED) is 0.844. The Balaban J connectivity index is 3.11. The van der Waals surface area contributed by atoms with Gasteiger partial charge in [-0.1, -0.05) is 18.2 Å². The molecule has 0 spiro atoms. The molecular formula is C10H11F3N2O2. The monoisotopic (exact) mass is 248 g/mol. The molecule has 94 valence electrons. The van der Waals surface area contributed by atoms with E-state index < -0.39 is 24.1 Å². The van der Waals surface area contributed by atoms with Crippen LogP contribution in [0.25, 0.3) is 0 Å². The average molecular weight is 248 g/mol. The van der Waals surface area contributed by atoms with Gasteiger partial charge < -0.3 is 15.8 Å². The van der Waals surface area contributed by atoms with Gasteiger partial charge in [0.2, 0.25) is 5.91 Å². The SMILES string of the molecule is CNC(C(N)=O)c1ccccc1OC(F)(F)F. The van der Waals surface area contributed by atoms with Gasteiger partial charge in [0.25, 0.3) is 0 Å². The zero-order valence-corrected chi connectivity index (χ0v) is 8.91.